The maximum atomic E-state index is 6.52. The van der Waals surface area contributed by atoms with E-state index in [1.54, 1.807) is 11.3 Å². The third-order valence-electron chi connectivity index (χ3n) is 3.98. The Hall–Kier alpha value is 0.620. The van der Waals surface area contributed by atoms with Gasteiger partial charge in [0.15, 0.2) is 0 Å². The van der Waals surface area contributed by atoms with Crippen molar-refractivity contribution in [2.45, 2.75) is 45.1 Å². The van der Waals surface area contributed by atoms with E-state index in [1.165, 1.54) is 41.5 Å². The van der Waals surface area contributed by atoms with E-state index in [0.717, 1.165) is 3.79 Å². The fourth-order valence-electron chi connectivity index (χ4n) is 2.86. The van der Waals surface area contributed by atoms with Crippen LogP contribution in [0.3, 0.4) is 0 Å². The molecule has 0 aliphatic heterocycles. The van der Waals surface area contributed by atoms with Gasteiger partial charge in [-0.05, 0) is 68.2 Å². The molecule has 1 aliphatic carbocycles. The highest BCUT2D eigenvalue weighted by atomic mass is 79.9. The fraction of sp³-hybridized carbons (Fsp3) is 0.667. The zero-order valence-corrected chi connectivity index (χ0v) is 13.4. The van der Waals surface area contributed by atoms with E-state index in [2.05, 4.69) is 44.8 Å². The van der Waals surface area contributed by atoms with Crippen LogP contribution < -0.4 is 5.73 Å². The van der Waals surface area contributed by atoms with E-state index in [0.29, 0.717) is 5.41 Å². The molecule has 1 aliphatic rings. The van der Waals surface area contributed by atoms with Gasteiger partial charge >= 0.3 is 0 Å². The SMILES string of the molecule is CCC1(C(N)c2cc(Br)sc2Br)CCCC1. The standard InChI is InChI=1S/C12H17Br2NS/c1-2-12(5-3-4-6-12)10(15)8-7-9(13)16-11(8)14/h7,10H,2-6,15H2,1H3. The van der Waals surface area contributed by atoms with E-state index in [-0.39, 0.29) is 6.04 Å². The van der Waals surface area contributed by atoms with Crippen molar-refractivity contribution in [3.8, 4) is 0 Å². The highest BCUT2D eigenvalue weighted by Crippen LogP contribution is 2.51. The number of nitrogens with two attached hydrogens (primary N) is 1. The summed E-state index contributed by atoms with van der Waals surface area (Å²) in [6, 6.07) is 2.35. The molecule has 16 heavy (non-hydrogen) atoms. The number of hydrogen-bond donors (Lipinski definition) is 1. The second-order valence-corrected chi connectivity index (χ2v) is 8.43. The molecule has 4 heteroatoms. The van der Waals surface area contributed by atoms with Crippen LogP contribution in [0.15, 0.2) is 13.6 Å². The molecule has 0 amide bonds. The number of thiophene rings is 1. The summed E-state index contributed by atoms with van der Waals surface area (Å²) in [5.74, 6) is 0. The molecule has 90 valence electrons. The van der Waals surface area contributed by atoms with Gasteiger partial charge in [-0.3, -0.25) is 0 Å². The Labute approximate surface area is 118 Å². The van der Waals surface area contributed by atoms with Crippen molar-refractivity contribution >= 4 is 43.2 Å². The molecule has 1 aromatic heterocycles. The van der Waals surface area contributed by atoms with Gasteiger partial charge in [0, 0.05) is 6.04 Å². The lowest BCUT2D eigenvalue weighted by Crippen LogP contribution is -2.31. The summed E-state index contributed by atoms with van der Waals surface area (Å²) in [6.45, 7) is 2.28. The molecule has 1 saturated carbocycles. The van der Waals surface area contributed by atoms with Gasteiger partial charge in [-0.25, -0.2) is 0 Å². The van der Waals surface area contributed by atoms with Crippen LogP contribution >= 0.6 is 43.2 Å². The summed E-state index contributed by atoms with van der Waals surface area (Å²) in [6.07, 6.45) is 6.43. The first-order valence-corrected chi connectivity index (χ1v) is 8.19. The fourth-order valence-corrected chi connectivity index (χ4v) is 5.79. The predicted octanol–water partition coefficient (Wildman–Crippen LogP) is 5.24. The molecule has 0 aromatic carbocycles. The van der Waals surface area contributed by atoms with E-state index < -0.39 is 0 Å². The highest BCUT2D eigenvalue weighted by Gasteiger charge is 2.39. The minimum atomic E-state index is 0.178. The first-order chi connectivity index (χ1) is 7.59. The third-order valence-corrected chi connectivity index (χ3v) is 6.37. The maximum absolute atomic E-state index is 6.52. The molecule has 2 N–H and O–H groups in total. The third kappa shape index (κ3) is 2.26. The molecule has 1 heterocycles. The summed E-state index contributed by atoms with van der Waals surface area (Å²) in [5, 5.41) is 0. The zero-order chi connectivity index (χ0) is 11.8. The lowest BCUT2D eigenvalue weighted by Gasteiger charge is -2.34. The summed E-state index contributed by atoms with van der Waals surface area (Å²) in [7, 11) is 0. The number of hydrogen-bond acceptors (Lipinski definition) is 2. The largest absolute Gasteiger partial charge is 0.323 e. The van der Waals surface area contributed by atoms with Crippen LogP contribution in [-0.4, -0.2) is 0 Å². The van der Waals surface area contributed by atoms with Crippen LogP contribution in [0.1, 0.15) is 50.6 Å². The Bertz CT molecular complexity index is 369. The molecule has 2 rings (SSSR count). The van der Waals surface area contributed by atoms with Crippen LogP contribution in [0, 0.1) is 5.41 Å². The van der Waals surface area contributed by atoms with Crippen molar-refractivity contribution in [3.63, 3.8) is 0 Å². The van der Waals surface area contributed by atoms with Crippen molar-refractivity contribution in [1.29, 1.82) is 0 Å². The predicted molar refractivity (Wildman–Crippen MR) is 77.8 cm³/mol. The van der Waals surface area contributed by atoms with E-state index in [9.17, 15) is 0 Å². The van der Waals surface area contributed by atoms with Crippen LogP contribution in [-0.2, 0) is 0 Å². The molecular weight excluding hydrogens is 350 g/mol. The summed E-state index contributed by atoms with van der Waals surface area (Å²) in [4.78, 5) is 0. The molecule has 0 spiro atoms. The monoisotopic (exact) mass is 365 g/mol. The highest BCUT2D eigenvalue weighted by molar-refractivity contribution is 9.12. The van der Waals surface area contributed by atoms with Gasteiger partial charge < -0.3 is 5.73 Å². The van der Waals surface area contributed by atoms with Crippen molar-refractivity contribution in [2.24, 2.45) is 11.1 Å². The van der Waals surface area contributed by atoms with Crippen LogP contribution in [0.4, 0.5) is 0 Å². The quantitative estimate of drug-likeness (QED) is 0.777. The van der Waals surface area contributed by atoms with Crippen molar-refractivity contribution in [1.82, 2.24) is 0 Å². The molecule has 1 aromatic rings. The molecule has 0 saturated heterocycles. The zero-order valence-electron chi connectivity index (χ0n) is 9.43. The van der Waals surface area contributed by atoms with E-state index >= 15 is 0 Å². The Balaban J connectivity index is 2.29. The average molecular weight is 367 g/mol. The maximum Gasteiger partial charge on any atom is 0.0758 e. The lowest BCUT2D eigenvalue weighted by molar-refractivity contribution is 0.222. The van der Waals surface area contributed by atoms with Crippen molar-refractivity contribution < 1.29 is 0 Å². The first-order valence-electron chi connectivity index (χ1n) is 5.79. The molecule has 0 radical (unpaired) electrons. The topological polar surface area (TPSA) is 26.0 Å². The molecule has 1 unspecified atom stereocenters. The molecule has 1 atom stereocenters. The van der Waals surface area contributed by atoms with E-state index in [1.807, 2.05) is 0 Å². The van der Waals surface area contributed by atoms with Gasteiger partial charge in [-0.2, -0.15) is 0 Å². The summed E-state index contributed by atoms with van der Waals surface area (Å²) >= 11 is 8.88. The van der Waals surface area contributed by atoms with Gasteiger partial charge in [0.05, 0.1) is 7.57 Å². The summed E-state index contributed by atoms with van der Waals surface area (Å²) < 4.78 is 2.35. The van der Waals surface area contributed by atoms with Gasteiger partial charge in [0.1, 0.15) is 0 Å². The second kappa shape index (κ2) is 5.09. The average Bonchev–Trinajstić information content (AvgIpc) is 2.85. The lowest BCUT2D eigenvalue weighted by atomic mass is 9.74. The minimum Gasteiger partial charge on any atom is -0.323 e. The van der Waals surface area contributed by atoms with Gasteiger partial charge in [0.2, 0.25) is 0 Å². The van der Waals surface area contributed by atoms with Gasteiger partial charge in [-0.1, -0.05) is 19.8 Å². The first kappa shape index (κ1) is 13.1. The molecule has 1 fully saturated rings. The molecular formula is C12H17Br2NS. The Kier molecular flexibility index (Phi) is 4.15. The molecule has 0 bridgehead atoms. The minimum absolute atomic E-state index is 0.178. The van der Waals surface area contributed by atoms with Crippen LogP contribution in [0.25, 0.3) is 0 Å². The van der Waals surface area contributed by atoms with E-state index in [4.69, 9.17) is 5.73 Å². The Morgan fingerprint density at radius 2 is 2.06 bits per heavy atom. The Morgan fingerprint density at radius 1 is 1.44 bits per heavy atom. The smallest absolute Gasteiger partial charge is 0.0758 e. The van der Waals surface area contributed by atoms with Crippen LogP contribution in [0.2, 0.25) is 0 Å². The van der Waals surface area contributed by atoms with Gasteiger partial charge in [-0.15, -0.1) is 11.3 Å². The molecule has 1 nitrogen and oxygen atoms in total. The normalized spacial score (nSPS) is 21.2. The number of rotatable bonds is 3. The Morgan fingerprint density at radius 3 is 2.50 bits per heavy atom. The van der Waals surface area contributed by atoms with Gasteiger partial charge in [0.25, 0.3) is 0 Å². The van der Waals surface area contributed by atoms with Crippen LogP contribution in [0.5, 0.6) is 0 Å². The number of halogens is 2. The van der Waals surface area contributed by atoms with Crippen molar-refractivity contribution in [3.05, 3.63) is 19.2 Å². The second-order valence-electron chi connectivity index (χ2n) is 4.68. The van der Waals surface area contributed by atoms with Crippen molar-refractivity contribution in [2.75, 3.05) is 0 Å². The summed E-state index contributed by atoms with van der Waals surface area (Å²) in [5.41, 5.74) is 8.13.